The van der Waals surface area contributed by atoms with Gasteiger partial charge in [0.25, 0.3) is 0 Å². The van der Waals surface area contributed by atoms with E-state index in [0.29, 0.717) is 0 Å². The van der Waals surface area contributed by atoms with E-state index in [2.05, 4.69) is 9.47 Å². The van der Waals surface area contributed by atoms with Gasteiger partial charge in [0.15, 0.2) is 0 Å². The van der Waals surface area contributed by atoms with E-state index in [1.807, 2.05) is 0 Å². The first kappa shape index (κ1) is 10.0. The Morgan fingerprint density at radius 2 is 1.91 bits per heavy atom. The third kappa shape index (κ3) is 9.02. The molecule has 0 unspecified atom stereocenters. The number of ether oxygens (including phenoxy) is 2. The maximum atomic E-state index is 11.2. The van der Waals surface area contributed by atoms with Crippen molar-refractivity contribution in [3.8, 4) is 0 Å². The zero-order chi connectivity index (χ0) is 8.91. The van der Waals surface area contributed by atoms with Gasteiger partial charge in [0.2, 0.25) is 0 Å². The Kier molecular flexibility index (Phi) is 3.66. The third-order valence-electron chi connectivity index (χ3n) is 0.575. The van der Waals surface area contributed by atoms with Crippen LogP contribution < -0.4 is 0 Å². The van der Waals surface area contributed by atoms with Crippen LogP contribution in [-0.2, 0) is 9.47 Å². The smallest absolute Gasteiger partial charge is 0.450 e. The second-order valence-electron chi connectivity index (χ2n) is 1.41. The van der Waals surface area contributed by atoms with Crippen LogP contribution in [0.25, 0.3) is 0 Å². The molecule has 0 saturated heterocycles. The Morgan fingerprint density at radius 3 is 2.27 bits per heavy atom. The fourth-order valence-corrected chi connectivity index (χ4v) is 0.286. The molecule has 0 aromatic carbocycles. The highest BCUT2D eigenvalue weighted by Gasteiger charge is 2.28. The van der Waals surface area contributed by atoms with Crippen molar-refractivity contribution < 1.29 is 32.5 Å². The molecule has 66 valence electrons. The zero-order valence-corrected chi connectivity index (χ0v) is 5.22. The molecule has 0 saturated carbocycles. The minimum atomic E-state index is -4.73. The van der Waals surface area contributed by atoms with Crippen LogP contribution in [0, 0.1) is 0 Å². The van der Waals surface area contributed by atoms with Crippen molar-refractivity contribution in [2.75, 3.05) is 13.2 Å². The molecule has 0 spiro atoms. The molecule has 11 heavy (non-hydrogen) atoms. The number of rotatable bonds is 3. The molecule has 7 heteroatoms. The predicted octanol–water partition coefficient (Wildman–Crippen LogP) is 1.22. The molecular formula is C4H5F3O4. The van der Waals surface area contributed by atoms with Crippen LogP contribution in [0.2, 0.25) is 0 Å². The average Bonchev–Trinajstić information content (AvgIpc) is 1.78. The summed E-state index contributed by atoms with van der Waals surface area (Å²) in [7, 11) is 0. The first-order valence-electron chi connectivity index (χ1n) is 2.48. The molecule has 0 amide bonds. The molecular weight excluding hydrogens is 169 g/mol. The number of halogens is 3. The van der Waals surface area contributed by atoms with Gasteiger partial charge in [-0.1, -0.05) is 0 Å². The van der Waals surface area contributed by atoms with Crippen LogP contribution in [0.1, 0.15) is 0 Å². The van der Waals surface area contributed by atoms with Crippen molar-refractivity contribution in [1.82, 2.24) is 0 Å². The van der Waals surface area contributed by atoms with Gasteiger partial charge in [-0.05, 0) is 0 Å². The lowest BCUT2D eigenvalue weighted by atomic mass is 10.8. The SMILES string of the molecule is O=C(O)OCCOC(F)(F)F. The first-order chi connectivity index (χ1) is 4.92. The summed E-state index contributed by atoms with van der Waals surface area (Å²) >= 11 is 0. The van der Waals surface area contributed by atoms with Gasteiger partial charge in [0.1, 0.15) is 6.61 Å². The molecule has 0 radical (unpaired) electrons. The van der Waals surface area contributed by atoms with Crippen LogP contribution in [-0.4, -0.2) is 30.8 Å². The molecule has 4 nitrogen and oxygen atoms in total. The molecule has 0 bridgehead atoms. The third-order valence-corrected chi connectivity index (χ3v) is 0.575. The van der Waals surface area contributed by atoms with E-state index in [4.69, 9.17) is 5.11 Å². The van der Waals surface area contributed by atoms with E-state index < -0.39 is 25.7 Å². The Balaban J connectivity index is 3.22. The molecule has 0 aliphatic carbocycles. The van der Waals surface area contributed by atoms with Gasteiger partial charge in [-0.3, -0.25) is 4.74 Å². The Labute approximate surface area is 59.5 Å². The van der Waals surface area contributed by atoms with E-state index in [0.717, 1.165) is 0 Å². The highest BCUT2D eigenvalue weighted by Crippen LogP contribution is 2.15. The molecule has 0 aromatic heterocycles. The minimum absolute atomic E-state index is 0.630. The summed E-state index contributed by atoms with van der Waals surface area (Å²) in [4.78, 5) is 9.56. The van der Waals surface area contributed by atoms with Crippen LogP contribution in [0.3, 0.4) is 0 Å². The van der Waals surface area contributed by atoms with E-state index in [9.17, 15) is 18.0 Å². The van der Waals surface area contributed by atoms with E-state index in [1.54, 1.807) is 0 Å². The van der Waals surface area contributed by atoms with Gasteiger partial charge in [-0.25, -0.2) is 4.79 Å². The molecule has 0 fully saturated rings. The van der Waals surface area contributed by atoms with E-state index in [-0.39, 0.29) is 0 Å². The van der Waals surface area contributed by atoms with Gasteiger partial charge in [-0.15, -0.1) is 13.2 Å². The standard InChI is InChI=1S/C4H5F3O4/c5-4(6,7)11-2-1-10-3(8)9/h1-2H2,(H,8,9). The summed E-state index contributed by atoms with van der Waals surface area (Å²) in [5.41, 5.74) is 0. The van der Waals surface area contributed by atoms with Gasteiger partial charge >= 0.3 is 12.5 Å². The van der Waals surface area contributed by atoms with Crippen molar-refractivity contribution >= 4 is 6.16 Å². The summed E-state index contributed by atoms with van der Waals surface area (Å²) in [5, 5.41) is 7.78. The van der Waals surface area contributed by atoms with E-state index >= 15 is 0 Å². The fraction of sp³-hybridized carbons (Fsp3) is 0.750. The second-order valence-corrected chi connectivity index (χ2v) is 1.41. The Hall–Kier alpha value is -0.980. The predicted molar refractivity (Wildman–Crippen MR) is 26.0 cm³/mol. The maximum absolute atomic E-state index is 11.2. The fourth-order valence-electron chi connectivity index (χ4n) is 0.286. The molecule has 0 rings (SSSR count). The molecule has 0 aliphatic heterocycles. The topological polar surface area (TPSA) is 55.8 Å². The van der Waals surface area contributed by atoms with Crippen molar-refractivity contribution in [2.45, 2.75) is 6.36 Å². The number of hydrogen-bond donors (Lipinski definition) is 1. The lowest BCUT2D eigenvalue weighted by Gasteiger charge is -2.05. The number of alkyl halides is 3. The van der Waals surface area contributed by atoms with Crippen molar-refractivity contribution in [2.24, 2.45) is 0 Å². The molecule has 0 aromatic rings. The monoisotopic (exact) mass is 174 g/mol. The van der Waals surface area contributed by atoms with Crippen molar-refractivity contribution in [3.63, 3.8) is 0 Å². The summed E-state index contributed by atoms with van der Waals surface area (Å²) in [6, 6.07) is 0. The average molecular weight is 174 g/mol. The molecule has 0 aliphatic rings. The number of hydrogen-bond acceptors (Lipinski definition) is 3. The Morgan fingerprint density at radius 1 is 1.36 bits per heavy atom. The van der Waals surface area contributed by atoms with Crippen molar-refractivity contribution in [1.29, 1.82) is 0 Å². The summed E-state index contributed by atoms with van der Waals surface area (Å²) in [6.45, 7) is -1.45. The van der Waals surface area contributed by atoms with Gasteiger partial charge < -0.3 is 9.84 Å². The largest absolute Gasteiger partial charge is 0.522 e. The van der Waals surface area contributed by atoms with Gasteiger partial charge in [-0.2, -0.15) is 0 Å². The summed E-state index contributed by atoms with van der Waals surface area (Å²) in [5.74, 6) is 0. The van der Waals surface area contributed by atoms with Gasteiger partial charge in [0, 0.05) is 0 Å². The second kappa shape index (κ2) is 4.02. The highest BCUT2D eigenvalue weighted by molar-refractivity contribution is 5.56. The van der Waals surface area contributed by atoms with Crippen molar-refractivity contribution in [3.05, 3.63) is 0 Å². The molecule has 0 heterocycles. The number of carbonyl (C=O) groups is 1. The lowest BCUT2D eigenvalue weighted by Crippen LogP contribution is -2.18. The lowest BCUT2D eigenvalue weighted by molar-refractivity contribution is -0.326. The number of carboxylic acid groups (broad SMARTS) is 1. The zero-order valence-electron chi connectivity index (χ0n) is 5.22. The minimum Gasteiger partial charge on any atom is -0.450 e. The quantitative estimate of drug-likeness (QED) is 0.516. The van der Waals surface area contributed by atoms with E-state index in [1.165, 1.54) is 0 Å². The van der Waals surface area contributed by atoms with Crippen LogP contribution >= 0.6 is 0 Å². The Bertz CT molecular complexity index is 132. The normalized spacial score (nSPS) is 11.2. The maximum Gasteiger partial charge on any atom is 0.522 e. The van der Waals surface area contributed by atoms with Gasteiger partial charge in [0.05, 0.1) is 6.61 Å². The summed E-state index contributed by atoms with van der Waals surface area (Å²) in [6.07, 6.45) is -6.36. The molecule has 1 N–H and O–H groups in total. The first-order valence-corrected chi connectivity index (χ1v) is 2.48. The van der Waals surface area contributed by atoms with Crippen LogP contribution in [0.4, 0.5) is 18.0 Å². The highest BCUT2D eigenvalue weighted by atomic mass is 19.4. The van der Waals surface area contributed by atoms with Crippen LogP contribution in [0.15, 0.2) is 0 Å². The molecule has 0 atom stereocenters. The van der Waals surface area contributed by atoms with Crippen LogP contribution in [0.5, 0.6) is 0 Å². The summed E-state index contributed by atoms with van der Waals surface area (Å²) < 4.78 is 40.4.